The van der Waals surface area contributed by atoms with E-state index in [1.54, 1.807) is 0 Å². The maximum absolute atomic E-state index is 12.1. The average Bonchev–Trinajstić information content (AvgIpc) is 2.79. The van der Waals surface area contributed by atoms with Crippen molar-refractivity contribution in [3.63, 3.8) is 0 Å². The number of carbonyl (C=O) groups is 1. The molecule has 0 radical (unpaired) electrons. The lowest BCUT2D eigenvalue weighted by Crippen LogP contribution is -2.36. The quantitative estimate of drug-likeness (QED) is 0.600. The van der Waals surface area contributed by atoms with Gasteiger partial charge in [-0.2, -0.15) is 0 Å². The summed E-state index contributed by atoms with van der Waals surface area (Å²) in [7, 11) is 0. The van der Waals surface area contributed by atoms with E-state index in [1.807, 2.05) is 0 Å². The molecule has 0 bridgehead atoms. The molecule has 5 nitrogen and oxygen atoms in total. The normalized spacial score (nSPS) is 16.6. The van der Waals surface area contributed by atoms with Gasteiger partial charge < -0.3 is 10.6 Å². The molecule has 0 aromatic carbocycles. The van der Waals surface area contributed by atoms with Crippen LogP contribution in [0.15, 0.2) is 0 Å². The molecule has 0 unspecified atom stereocenters. The van der Waals surface area contributed by atoms with Crippen molar-refractivity contribution in [2.75, 3.05) is 13.1 Å². The van der Waals surface area contributed by atoms with Gasteiger partial charge in [0.1, 0.15) is 4.88 Å². The lowest BCUT2D eigenvalue weighted by atomic mass is 10.1. The maximum Gasteiger partial charge on any atom is 0.264 e. The smallest absolute Gasteiger partial charge is 0.264 e. The van der Waals surface area contributed by atoms with Crippen molar-refractivity contribution in [2.24, 2.45) is 0 Å². The van der Waals surface area contributed by atoms with Crippen LogP contribution in [0.25, 0.3) is 0 Å². The zero-order valence-corrected chi connectivity index (χ0v) is 13.7. The molecule has 6 heteroatoms. The Morgan fingerprint density at radius 3 is 2.71 bits per heavy atom. The Balaban J connectivity index is 1.67. The molecule has 21 heavy (non-hydrogen) atoms. The second kappa shape index (κ2) is 9.10. The summed E-state index contributed by atoms with van der Waals surface area (Å²) in [6.45, 7) is 3.59. The fraction of sp³-hybridized carbons (Fsp3) is 0.800. The first kappa shape index (κ1) is 16.4. The van der Waals surface area contributed by atoms with E-state index in [-0.39, 0.29) is 5.91 Å². The molecule has 0 saturated heterocycles. The average molecular weight is 310 g/mol. The standard InChI is InChI=1S/C15H26N4OS/c1-2-7-13-14(21-19-18-13)15(20)17-11-10-16-12-8-5-3-4-6-9-12/h12,16H,2-11H2,1H3,(H,17,20). The molecule has 1 fully saturated rings. The number of rotatable bonds is 7. The molecule has 1 amide bonds. The van der Waals surface area contributed by atoms with Crippen molar-refractivity contribution in [3.05, 3.63) is 10.6 Å². The molecule has 0 aliphatic heterocycles. The third-order valence-electron chi connectivity index (χ3n) is 3.95. The monoisotopic (exact) mass is 310 g/mol. The molecule has 1 aromatic rings. The molecule has 1 aromatic heterocycles. The molecule has 2 rings (SSSR count). The largest absolute Gasteiger partial charge is 0.350 e. The van der Waals surface area contributed by atoms with E-state index >= 15 is 0 Å². The van der Waals surface area contributed by atoms with Gasteiger partial charge in [-0.05, 0) is 30.8 Å². The number of hydrogen-bond donors (Lipinski definition) is 2. The number of nitrogens with one attached hydrogen (secondary N) is 2. The first-order chi connectivity index (χ1) is 10.3. The van der Waals surface area contributed by atoms with Gasteiger partial charge >= 0.3 is 0 Å². The zero-order chi connectivity index (χ0) is 14.9. The summed E-state index contributed by atoms with van der Waals surface area (Å²) in [6, 6.07) is 0.630. The van der Waals surface area contributed by atoms with Crippen LogP contribution in [0.4, 0.5) is 0 Å². The minimum absolute atomic E-state index is 0.0314. The summed E-state index contributed by atoms with van der Waals surface area (Å²) in [5.74, 6) is -0.0314. The Labute approximate surface area is 131 Å². The van der Waals surface area contributed by atoms with Crippen molar-refractivity contribution in [1.82, 2.24) is 20.2 Å². The summed E-state index contributed by atoms with van der Waals surface area (Å²) in [5, 5.41) is 10.6. The Hall–Kier alpha value is -1.01. The van der Waals surface area contributed by atoms with Crippen molar-refractivity contribution in [2.45, 2.75) is 64.3 Å². The summed E-state index contributed by atoms with van der Waals surface area (Å²) < 4.78 is 3.89. The van der Waals surface area contributed by atoms with Gasteiger partial charge in [0.2, 0.25) is 0 Å². The van der Waals surface area contributed by atoms with Gasteiger partial charge in [-0.1, -0.05) is 43.5 Å². The summed E-state index contributed by atoms with van der Waals surface area (Å²) in [6.07, 6.45) is 9.74. The second-order valence-electron chi connectivity index (χ2n) is 5.70. The van der Waals surface area contributed by atoms with Gasteiger partial charge in [0.15, 0.2) is 0 Å². The highest BCUT2D eigenvalue weighted by atomic mass is 32.1. The van der Waals surface area contributed by atoms with Crippen LogP contribution < -0.4 is 10.6 Å². The predicted molar refractivity (Wildman–Crippen MR) is 85.7 cm³/mol. The first-order valence-electron chi connectivity index (χ1n) is 8.14. The molecule has 0 atom stereocenters. The number of hydrogen-bond acceptors (Lipinski definition) is 5. The number of aryl methyl sites for hydroxylation is 1. The minimum Gasteiger partial charge on any atom is -0.350 e. The van der Waals surface area contributed by atoms with Crippen LogP contribution in [-0.4, -0.2) is 34.6 Å². The van der Waals surface area contributed by atoms with Crippen LogP contribution in [0.2, 0.25) is 0 Å². The van der Waals surface area contributed by atoms with Crippen molar-refractivity contribution >= 4 is 17.4 Å². The summed E-state index contributed by atoms with van der Waals surface area (Å²) >= 11 is 1.19. The number of aromatic nitrogens is 2. The summed E-state index contributed by atoms with van der Waals surface area (Å²) in [4.78, 5) is 12.8. The van der Waals surface area contributed by atoms with Crippen LogP contribution in [0.3, 0.4) is 0 Å². The Kier molecular flexibility index (Phi) is 7.09. The molecule has 1 aliphatic carbocycles. The Bertz CT molecular complexity index is 427. The molecule has 1 saturated carbocycles. The van der Waals surface area contributed by atoms with E-state index in [0.717, 1.165) is 25.1 Å². The number of carbonyl (C=O) groups excluding carboxylic acids is 1. The fourth-order valence-electron chi connectivity index (χ4n) is 2.80. The highest BCUT2D eigenvalue weighted by Crippen LogP contribution is 2.17. The van der Waals surface area contributed by atoms with E-state index in [4.69, 9.17) is 0 Å². The van der Waals surface area contributed by atoms with E-state index < -0.39 is 0 Å². The molecule has 2 N–H and O–H groups in total. The zero-order valence-electron chi connectivity index (χ0n) is 12.9. The third-order valence-corrected chi connectivity index (χ3v) is 4.71. The summed E-state index contributed by atoms with van der Waals surface area (Å²) in [5.41, 5.74) is 0.830. The fourth-order valence-corrected chi connectivity index (χ4v) is 3.42. The van der Waals surface area contributed by atoms with Crippen molar-refractivity contribution in [3.8, 4) is 0 Å². The maximum atomic E-state index is 12.1. The van der Waals surface area contributed by atoms with Gasteiger partial charge in [0, 0.05) is 19.1 Å². The highest BCUT2D eigenvalue weighted by Gasteiger charge is 2.15. The van der Waals surface area contributed by atoms with Gasteiger partial charge in [-0.25, -0.2) is 0 Å². The first-order valence-corrected chi connectivity index (χ1v) is 8.91. The Morgan fingerprint density at radius 2 is 2.00 bits per heavy atom. The van der Waals surface area contributed by atoms with Crippen LogP contribution in [0, 0.1) is 0 Å². The lowest BCUT2D eigenvalue weighted by Gasteiger charge is -2.16. The van der Waals surface area contributed by atoms with Gasteiger partial charge in [0.05, 0.1) is 5.69 Å². The highest BCUT2D eigenvalue weighted by molar-refractivity contribution is 7.08. The molecular formula is C15H26N4OS. The molecule has 1 aliphatic rings. The molecule has 0 spiro atoms. The van der Waals surface area contributed by atoms with Crippen LogP contribution in [-0.2, 0) is 6.42 Å². The van der Waals surface area contributed by atoms with E-state index in [0.29, 0.717) is 17.5 Å². The minimum atomic E-state index is -0.0314. The van der Waals surface area contributed by atoms with E-state index in [1.165, 1.54) is 50.1 Å². The predicted octanol–water partition coefficient (Wildman–Crippen LogP) is 2.53. The van der Waals surface area contributed by atoms with Gasteiger partial charge in [-0.3, -0.25) is 4.79 Å². The van der Waals surface area contributed by atoms with Crippen molar-refractivity contribution < 1.29 is 4.79 Å². The SMILES string of the molecule is CCCc1nnsc1C(=O)NCCNC1CCCCCC1. The van der Waals surface area contributed by atoms with Crippen LogP contribution in [0.1, 0.15) is 67.2 Å². The lowest BCUT2D eigenvalue weighted by molar-refractivity contribution is 0.0956. The topological polar surface area (TPSA) is 66.9 Å². The number of nitrogens with zero attached hydrogens (tertiary/aromatic N) is 2. The van der Waals surface area contributed by atoms with Crippen molar-refractivity contribution in [1.29, 1.82) is 0 Å². The van der Waals surface area contributed by atoms with Crippen LogP contribution >= 0.6 is 11.5 Å². The third kappa shape index (κ3) is 5.36. The number of amides is 1. The van der Waals surface area contributed by atoms with Gasteiger partial charge in [0.25, 0.3) is 5.91 Å². The van der Waals surface area contributed by atoms with Crippen LogP contribution in [0.5, 0.6) is 0 Å². The van der Waals surface area contributed by atoms with Gasteiger partial charge in [-0.15, -0.1) is 5.10 Å². The molecule has 118 valence electrons. The second-order valence-corrected chi connectivity index (χ2v) is 6.45. The molecule has 1 heterocycles. The Morgan fingerprint density at radius 1 is 1.24 bits per heavy atom. The molecular weight excluding hydrogens is 284 g/mol. The van der Waals surface area contributed by atoms with E-state index in [9.17, 15) is 4.79 Å². The van der Waals surface area contributed by atoms with E-state index in [2.05, 4.69) is 27.1 Å².